The fourth-order valence-electron chi connectivity index (χ4n) is 3.12. The predicted octanol–water partition coefficient (Wildman–Crippen LogP) is 4.14. The molecule has 3 heterocycles. The van der Waals surface area contributed by atoms with Crippen LogP contribution in [0.2, 0.25) is 0 Å². The highest BCUT2D eigenvalue weighted by Crippen LogP contribution is 2.20. The molecule has 4 aromatic rings. The maximum absolute atomic E-state index is 12.7. The van der Waals surface area contributed by atoms with Crippen LogP contribution in [-0.2, 0) is 6.42 Å². The van der Waals surface area contributed by atoms with E-state index >= 15 is 0 Å². The summed E-state index contributed by atoms with van der Waals surface area (Å²) in [7, 11) is 0. The molecule has 3 aromatic heterocycles. The summed E-state index contributed by atoms with van der Waals surface area (Å²) in [6.07, 6.45) is 4.93. The molecule has 0 fully saturated rings. The summed E-state index contributed by atoms with van der Waals surface area (Å²) in [6.45, 7) is 5.88. The predicted molar refractivity (Wildman–Crippen MR) is 113 cm³/mol. The number of anilines is 1. The number of nitrogens with zero attached hydrogens (tertiary/aromatic N) is 5. The molecule has 0 aliphatic heterocycles. The average Bonchev–Trinajstić information content (AvgIpc) is 3.35. The standard InChI is InChI=1S/C22H22N6O2/c1-4-6-19-26-22(30-27-19)16-9-10-20(23-12-16)28-15(3)18(13-24-28)21(29)25-17-8-5-7-14(2)11-17/h5,7-13H,4,6H2,1-3H3,(H,25,29). The maximum atomic E-state index is 12.7. The Balaban J connectivity index is 1.53. The Bertz CT molecular complexity index is 1180. The first-order chi connectivity index (χ1) is 14.5. The van der Waals surface area contributed by atoms with Crippen molar-refractivity contribution in [1.29, 1.82) is 0 Å². The number of aryl methyl sites for hydroxylation is 2. The smallest absolute Gasteiger partial charge is 0.259 e. The number of carbonyl (C=O) groups excluding carboxylic acids is 1. The molecule has 0 saturated carbocycles. The molecule has 4 rings (SSSR count). The van der Waals surface area contributed by atoms with Gasteiger partial charge in [-0.3, -0.25) is 4.79 Å². The van der Waals surface area contributed by atoms with Crippen molar-refractivity contribution in [3.05, 3.63) is 71.4 Å². The zero-order chi connectivity index (χ0) is 21.1. The normalized spacial score (nSPS) is 10.9. The Hall–Kier alpha value is -3.81. The van der Waals surface area contributed by atoms with Crippen molar-refractivity contribution >= 4 is 11.6 Å². The van der Waals surface area contributed by atoms with E-state index < -0.39 is 0 Å². The third-order valence-corrected chi connectivity index (χ3v) is 4.68. The molecule has 1 aromatic carbocycles. The summed E-state index contributed by atoms with van der Waals surface area (Å²) in [4.78, 5) is 21.5. The van der Waals surface area contributed by atoms with E-state index in [9.17, 15) is 4.79 Å². The van der Waals surface area contributed by atoms with E-state index in [0.717, 1.165) is 29.7 Å². The van der Waals surface area contributed by atoms with E-state index in [1.54, 1.807) is 23.1 Å². The highest BCUT2D eigenvalue weighted by molar-refractivity contribution is 6.05. The minimum atomic E-state index is -0.213. The summed E-state index contributed by atoms with van der Waals surface area (Å²) in [5.74, 6) is 1.51. The Labute approximate surface area is 174 Å². The van der Waals surface area contributed by atoms with Gasteiger partial charge < -0.3 is 9.84 Å². The van der Waals surface area contributed by atoms with Crippen LogP contribution in [-0.4, -0.2) is 30.8 Å². The van der Waals surface area contributed by atoms with E-state index in [0.29, 0.717) is 28.8 Å². The van der Waals surface area contributed by atoms with Crippen LogP contribution in [0, 0.1) is 13.8 Å². The van der Waals surface area contributed by atoms with Gasteiger partial charge in [0.05, 0.1) is 23.0 Å². The molecule has 152 valence electrons. The van der Waals surface area contributed by atoms with Crippen LogP contribution in [0.25, 0.3) is 17.3 Å². The molecule has 8 nitrogen and oxygen atoms in total. The highest BCUT2D eigenvalue weighted by atomic mass is 16.5. The molecule has 0 atom stereocenters. The Morgan fingerprint density at radius 1 is 1.17 bits per heavy atom. The zero-order valence-electron chi connectivity index (χ0n) is 17.1. The molecule has 0 saturated heterocycles. The van der Waals surface area contributed by atoms with Gasteiger partial charge in [-0.1, -0.05) is 24.2 Å². The molecule has 1 amide bonds. The van der Waals surface area contributed by atoms with E-state index in [4.69, 9.17) is 4.52 Å². The molecule has 1 N–H and O–H groups in total. The first-order valence-corrected chi connectivity index (χ1v) is 9.77. The van der Waals surface area contributed by atoms with Crippen LogP contribution < -0.4 is 5.32 Å². The highest BCUT2D eigenvalue weighted by Gasteiger charge is 2.17. The van der Waals surface area contributed by atoms with Crippen LogP contribution >= 0.6 is 0 Å². The molecule has 0 unspecified atom stereocenters. The molecule has 0 radical (unpaired) electrons. The van der Waals surface area contributed by atoms with Crippen molar-refractivity contribution in [1.82, 2.24) is 24.9 Å². The van der Waals surface area contributed by atoms with Gasteiger partial charge in [-0.2, -0.15) is 10.1 Å². The Morgan fingerprint density at radius 2 is 2.03 bits per heavy atom. The summed E-state index contributed by atoms with van der Waals surface area (Å²) >= 11 is 0. The second-order valence-corrected chi connectivity index (χ2v) is 7.05. The lowest BCUT2D eigenvalue weighted by molar-refractivity contribution is 0.102. The molecule has 0 aliphatic rings. The van der Waals surface area contributed by atoms with Gasteiger partial charge in [0, 0.05) is 18.3 Å². The lowest BCUT2D eigenvalue weighted by atomic mass is 10.2. The minimum absolute atomic E-state index is 0.213. The van der Waals surface area contributed by atoms with Crippen LogP contribution in [0.3, 0.4) is 0 Å². The number of rotatable bonds is 6. The van der Waals surface area contributed by atoms with Gasteiger partial charge in [0.15, 0.2) is 11.6 Å². The monoisotopic (exact) mass is 402 g/mol. The van der Waals surface area contributed by atoms with Gasteiger partial charge in [-0.05, 0) is 50.1 Å². The van der Waals surface area contributed by atoms with Gasteiger partial charge in [-0.15, -0.1) is 0 Å². The second-order valence-electron chi connectivity index (χ2n) is 7.05. The van der Waals surface area contributed by atoms with Crippen LogP contribution in [0.5, 0.6) is 0 Å². The number of amides is 1. The fourth-order valence-corrected chi connectivity index (χ4v) is 3.12. The summed E-state index contributed by atoms with van der Waals surface area (Å²) in [6, 6.07) is 11.3. The summed E-state index contributed by atoms with van der Waals surface area (Å²) in [5.41, 5.74) is 3.74. The van der Waals surface area contributed by atoms with Crippen molar-refractivity contribution < 1.29 is 9.32 Å². The topological polar surface area (TPSA) is 98.7 Å². The number of benzene rings is 1. The SMILES string of the molecule is CCCc1noc(-c2ccc(-n3ncc(C(=O)Nc4cccc(C)c4)c3C)nc2)n1. The molecule has 0 bridgehead atoms. The largest absolute Gasteiger partial charge is 0.334 e. The van der Waals surface area contributed by atoms with Crippen LogP contribution in [0.4, 0.5) is 5.69 Å². The van der Waals surface area contributed by atoms with E-state index in [1.807, 2.05) is 44.2 Å². The van der Waals surface area contributed by atoms with Gasteiger partial charge >= 0.3 is 0 Å². The van der Waals surface area contributed by atoms with Crippen molar-refractivity contribution in [3.8, 4) is 17.3 Å². The van der Waals surface area contributed by atoms with Gasteiger partial charge in [0.25, 0.3) is 11.8 Å². The fraction of sp³-hybridized carbons (Fsp3) is 0.227. The zero-order valence-corrected chi connectivity index (χ0v) is 17.1. The molecule has 0 aliphatic carbocycles. The maximum Gasteiger partial charge on any atom is 0.259 e. The summed E-state index contributed by atoms with van der Waals surface area (Å²) < 4.78 is 6.93. The van der Waals surface area contributed by atoms with E-state index in [2.05, 4.69) is 32.5 Å². The Kier molecular flexibility index (Phi) is 5.38. The van der Waals surface area contributed by atoms with Crippen LogP contribution in [0.15, 0.2) is 53.3 Å². The molecular formula is C22H22N6O2. The number of aromatic nitrogens is 5. The lowest BCUT2D eigenvalue weighted by Gasteiger charge is -2.07. The number of hydrogen-bond acceptors (Lipinski definition) is 6. The summed E-state index contributed by atoms with van der Waals surface area (Å²) in [5, 5.41) is 11.2. The number of carbonyl (C=O) groups is 1. The number of pyridine rings is 1. The van der Waals surface area contributed by atoms with Crippen molar-refractivity contribution in [2.75, 3.05) is 5.32 Å². The quantitative estimate of drug-likeness (QED) is 0.520. The van der Waals surface area contributed by atoms with Gasteiger partial charge in [-0.25, -0.2) is 9.67 Å². The molecule has 30 heavy (non-hydrogen) atoms. The third-order valence-electron chi connectivity index (χ3n) is 4.68. The average molecular weight is 402 g/mol. The van der Waals surface area contributed by atoms with Gasteiger partial charge in [0.1, 0.15) is 0 Å². The Morgan fingerprint density at radius 3 is 2.77 bits per heavy atom. The number of nitrogens with one attached hydrogen (secondary N) is 1. The van der Waals surface area contributed by atoms with Crippen LogP contribution in [0.1, 0.15) is 40.8 Å². The van der Waals surface area contributed by atoms with Gasteiger partial charge in [0.2, 0.25) is 0 Å². The third kappa shape index (κ3) is 3.98. The van der Waals surface area contributed by atoms with Crippen molar-refractivity contribution in [2.45, 2.75) is 33.6 Å². The van der Waals surface area contributed by atoms with Crippen molar-refractivity contribution in [2.24, 2.45) is 0 Å². The number of hydrogen-bond donors (Lipinski definition) is 1. The lowest BCUT2D eigenvalue weighted by Crippen LogP contribution is -2.13. The molecule has 0 spiro atoms. The van der Waals surface area contributed by atoms with Crippen molar-refractivity contribution in [3.63, 3.8) is 0 Å². The molecule has 8 heteroatoms. The first-order valence-electron chi connectivity index (χ1n) is 9.77. The molecular weight excluding hydrogens is 380 g/mol. The minimum Gasteiger partial charge on any atom is -0.334 e. The van der Waals surface area contributed by atoms with E-state index in [1.165, 1.54) is 0 Å². The van der Waals surface area contributed by atoms with E-state index in [-0.39, 0.29) is 5.91 Å². The first kappa shape index (κ1) is 19.5. The second kappa shape index (κ2) is 8.28.